The third-order valence-electron chi connectivity index (χ3n) is 6.52. The molecule has 0 saturated carbocycles. The molecular formula is C32H31N3O5. The van der Waals surface area contributed by atoms with Crippen LogP contribution in [0.4, 0.5) is 0 Å². The normalized spacial score (nSPS) is 11.4. The van der Waals surface area contributed by atoms with Gasteiger partial charge in [0.05, 0.1) is 12.5 Å². The minimum atomic E-state index is -1.00. The van der Waals surface area contributed by atoms with Crippen LogP contribution in [0.1, 0.15) is 50.7 Å². The number of nitrogens with zero attached hydrogens (tertiary/aromatic N) is 2. The zero-order valence-corrected chi connectivity index (χ0v) is 21.9. The lowest BCUT2D eigenvalue weighted by Crippen LogP contribution is -2.33. The summed E-state index contributed by atoms with van der Waals surface area (Å²) in [5, 5.41) is 21.9. The van der Waals surface area contributed by atoms with E-state index in [1.54, 1.807) is 67.0 Å². The van der Waals surface area contributed by atoms with Crippen molar-refractivity contribution in [3.8, 4) is 11.1 Å². The van der Waals surface area contributed by atoms with Crippen LogP contribution in [0.25, 0.3) is 11.1 Å². The molecule has 0 aliphatic rings. The average molecular weight is 538 g/mol. The fourth-order valence-corrected chi connectivity index (χ4v) is 4.56. The van der Waals surface area contributed by atoms with Crippen LogP contribution in [-0.4, -0.2) is 51.0 Å². The molecular weight excluding hydrogens is 506 g/mol. The summed E-state index contributed by atoms with van der Waals surface area (Å²) in [6.45, 7) is 0.109. The monoisotopic (exact) mass is 537 g/mol. The third-order valence-corrected chi connectivity index (χ3v) is 6.52. The number of pyridine rings is 1. The smallest absolute Gasteiger partial charge is 0.305 e. The Morgan fingerprint density at radius 2 is 1.48 bits per heavy atom. The van der Waals surface area contributed by atoms with E-state index >= 15 is 0 Å². The molecule has 3 aromatic carbocycles. The number of nitrogens with one attached hydrogen (secondary N) is 1. The van der Waals surface area contributed by atoms with Crippen LogP contribution in [0.15, 0.2) is 103 Å². The Balaban J connectivity index is 1.67. The molecule has 0 bridgehead atoms. The summed E-state index contributed by atoms with van der Waals surface area (Å²) in [6.07, 6.45) is 3.41. The molecule has 1 atom stereocenters. The Morgan fingerprint density at radius 1 is 0.825 bits per heavy atom. The maximum absolute atomic E-state index is 13.9. The summed E-state index contributed by atoms with van der Waals surface area (Å²) in [5.41, 5.74) is 3.51. The van der Waals surface area contributed by atoms with Crippen LogP contribution in [0.5, 0.6) is 0 Å². The number of hydrogen-bond acceptors (Lipinski definition) is 5. The molecule has 1 unspecified atom stereocenters. The Labute approximate surface area is 232 Å². The number of carboxylic acids is 1. The highest BCUT2D eigenvalue weighted by Gasteiger charge is 2.24. The summed E-state index contributed by atoms with van der Waals surface area (Å²) in [7, 11) is 0. The maximum Gasteiger partial charge on any atom is 0.305 e. The highest BCUT2D eigenvalue weighted by Crippen LogP contribution is 2.29. The molecule has 3 N–H and O–H groups in total. The lowest BCUT2D eigenvalue weighted by atomic mass is 9.93. The predicted octanol–water partition coefficient (Wildman–Crippen LogP) is 4.72. The molecule has 40 heavy (non-hydrogen) atoms. The van der Waals surface area contributed by atoms with Crippen molar-refractivity contribution in [2.24, 2.45) is 0 Å². The van der Waals surface area contributed by atoms with E-state index in [4.69, 9.17) is 0 Å². The first-order valence-electron chi connectivity index (χ1n) is 13.0. The van der Waals surface area contributed by atoms with Gasteiger partial charge in [-0.2, -0.15) is 0 Å². The number of aliphatic carboxylic acids is 1. The molecule has 0 fully saturated rings. The number of carbonyl (C=O) groups excluding carboxylic acids is 2. The Kier molecular flexibility index (Phi) is 9.74. The lowest BCUT2D eigenvalue weighted by Gasteiger charge is -2.24. The SMILES string of the molecule is O=C(O)CCN(Cc1cccnc1)C(=O)c1ccccc1-c1ccccc1C(=O)NC(CCO)c1ccccc1. The van der Waals surface area contributed by atoms with Crippen molar-refractivity contribution >= 4 is 17.8 Å². The van der Waals surface area contributed by atoms with Gasteiger partial charge in [0, 0.05) is 43.2 Å². The summed E-state index contributed by atoms with van der Waals surface area (Å²) < 4.78 is 0. The third kappa shape index (κ3) is 7.18. The zero-order valence-electron chi connectivity index (χ0n) is 21.9. The van der Waals surface area contributed by atoms with Gasteiger partial charge >= 0.3 is 5.97 Å². The van der Waals surface area contributed by atoms with Crippen molar-refractivity contribution in [2.75, 3.05) is 13.2 Å². The number of hydrogen-bond donors (Lipinski definition) is 3. The van der Waals surface area contributed by atoms with Crippen LogP contribution in [0.3, 0.4) is 0 Å². The molecule has 204 valence electrons. The van der Waals surface area contributed by atoms with Crippen molar-refractivity contribution < 1.29 is 24.6 Å². The molecule has 0 aliphatic carbocycles. The number of amides is 2. The highest BCUT2D eigenvalue weighted by molar-refractivity contribution is 6.06. The largest absolute Gasteiger partial charge is 0.481 e. The van der Waals surface area contributed by atoms with Gasteiger partial charge < -0.3 is 20.4 Å². The first kappa shape index (κ1) is 28.2. The van der Waals surface area contributed by atoms with E-state index in [2.05, 4.69) is 10.3 Å². The molecule has 1 aromatic heterocycles. The van der Waals surface area contributed by atoms with E-state index in [-0.39, 0.29) is 37.9 Å². The van der Waals surface area contributed by atoms with Gasteiger partial charge in [-0.05, 0) is 46.9 Å². The second-order valence-corrected chi connectivity index (χ2v) is 9.27. The fourth-order valence-electron chi connectivity index (χ4n) is 4.56. The number of aromatic nitrogens is 1. The molecule has 8 nitrogen and oxygen atoms in total. The molecule has 4 aromatic rings. The minimum Gasteiger partial charge on any atom is -0.481 e. The first-order chi connectivity index (χ1) is 19.5. The Morgan fingerprint density at radius 3 is 2.12 bits per heavy atom. The number of aliphatic hydroxyl groups excluding tert-OH is 1. The van der Waals surface area contributed by atoms with Crippen molar-refractivity contribution in [1.29, 1.82) is 0 Å². The first-order valence-corrected chi connectivity index (χ1v) is 13.0. The second kappa shape index (κ2) is 13.8. The molecule has 8 heteroatoms. The topological polar surface area (TPSA) is 120 Å². The van der Waals surface area contributed by atoms with E-state index in [1.807, 2.05) is 36.4 Å². The van der Waals surface area contributed by atoms with Gasteiger partial charge in [0.25, 0.3) is 11.8 Å². The number of carbonyl (C=O) groups is 3. The minimum absolute atomic E-state index is 0.0133. The van der Waals surface area contributed by atoms with E-state index in [0.29, 0.717) is 28.7 Å². The van der Waals surface area contributed by atoms with E-state index in [0.717, 1.165) is 11.1 Å². The molecule has 0 saturated heterocycles. The molecule has 4 rings (SSSR count). The van der Waals surface area contributed by atoms with Crippen LogP contribution in [-0.2, 0) is 11.3 Å². The number of benzene rings is 3. The summed E-state index contributed by atoms with van der Waals surface area (Å²) in [4.78, 5) is 44.4. The fraction of sp³-hybridized carbons (Fsp3) is 0.188. The van der Waals surface area contributed by atoms with Crippen LogP contribution < -0.4 is 5.32 Å². The molecule has 2 amide bonds. The van der Waals surface area contributed by atoms with Gasteiger partial charge in [-0.25, -0.2) is 0 Å². The number of rotatable bonds is 12. The van der Waals surface area contributed by atoms with Gasteiger partial charge in [-0.3, -0.25) is 19.4 Å². The van der Waals surface area contributed by atoms with Crippen LogP contribution in [0, 0.1) is 0 Å². The summed E-state index contributed by atoms with van der Waals surface area (Å²) in [6, 6.07) is 26.7. The van der Waals surface area contributed by atoms with E-state index < -0.39 is 12.0 Å². The highest BCUT2D eigenvalue weighted by atomic mass is 16.4. The summed E-state index contributed by atoms with van der Waals surface area (Å²) >= 11 is 0. The van der Waals surface area contributed by atoms with Gasteiger partial charge in [-0.1, -0.05) is 72.8 Å². The summed E-state index contributed by atoms with van der Waals surface area (Å²) in [5.74, 6) is -1.69. The quantitative estimate of drug-likeness (QED) is 0.241. The van der Waals surface area contributed by atoms with Crippen LogP contribution in [0.2, 0.25) is 0 Å². The average Bonchev–Trinajstić information content (AvgIpc) is 2.99. The van der Waals surface area contributed by atoms with Crippen LogP contribution >= 0.6 is 0 Å². The predicted molar refractivity (Wildman–Crippen MR) is 151 cm³/mol. The Bertz CT molecular complexity index is 1440. The molecule has 0 spiro atoms. The molecule has 0 aliphatic heterocycles. The van der Waals surface area contributed by atoms with Gasteiger partial charge in [0.15, 0.2) is 0 Å². The van der Waals surface area contributed by atoms with Gasteiger partial charge in [-0.15, -0.1) is 0 Å². The molecule has 1 heterocycles. The number of aliphatic hydroxyl groups is 1. The van der Waals surface area contributed by atoms with Crippen molar-refractivity contribution in [3.05, 3.63) is 126 Å². The Hall–Kier alpha value is -4.82. The lowest BCUT2D eigenvalue weighted by molar-refractivity contribution is -0.137. The van der Waals surface area contributed by atoms with Crippen molar-refractivity contribution in [2.45, 2.75) is 25.4 Å². The van der Waals surface area contributed by atoms with E-state index in [1.165, 1.54) is 4.90 Å². The zero-order chi connectivity index (χ0) is 28.3. The maximum atomic E-state index is 13.9. The molecule has 0 radical (unpaired) electrons. The van der Waals surface area contributed by atoms with Gasteiger partial charge in [0.2, 0.25) is 0 Å². The van der Waals surface area contributed by atoms with E-state index in [9.17, 15) is 24.6 Å². The van der Waals surface area contributed by atoms with Gasteiger partial charge in [0.1, 0.15) is 0 Å². The second-order valence-electron chi connectivity index (χ2n) is 9.27. The number of carboxylic acid groups (broad SMARTS) is 1. The van der Waals surface area contributed by atoms with Crippen molar-refractivity contribution in [1.82, 2.24) is 15.2 Å². The van der Waals surface area contributed by atoms with Crippen molar-refractivity contribution in [3.63, 3.8) is 0 Å². The standard InChI is InChI=1S/C32H31N3O5/c36-20-17-29(24-10-2-1-3-11-24)34-31(39)27-14-6-4-12-25(27)26-13-5-7-15-28(26)32(40)35(19-16-30(37)38)22-23-9-8-18-33-21-23/h1-15,18,21,29,36H,16-17,19-20,22H2,(H,34,39)(H,37,38).